The summed E-state index contributed by atoms with van der Waals surface area (Å²) in [4.78, 5) is 25.1. The molecule has 32 heavy (non-hydrogen) atoms. The molecule has 0 saturated carbocycles. The Labute approximate surface area is 184 Å². The number of H-pyrrole nitrogens is 1. The van der Waals surface area contributed by atoms with E-state index in [4.69, 9.17) is 0 Å². The Bertz CT molecular complexity index is 1270. The van der Waals surface area contributed by atoms with Crippen molar-refractivity contribution in [3.8, 4) is 5.69 Å². The highest BCUT2D eigenvalue weighted by atomic mass is 16.2. The second kappa shape index (κ2) is 8.66. The van der Waals surface area contributed by atoms with Gasteiger partial charge in [-0.05, 0) is 30.5 Å². The van der Waals surface area contributed by atoms with Crippen molar-refractivity contribution in [1.29, 1.82) is 0 Å². The minimum absolute atomic E-state index is 0.00245. The standard InChI is InChI=1S/C24H24N6O2/c31-23-16-20(28-30(23)19-9-5-2-6-10-19)24(32)25-18-11-12-21-26-27-22(29(21)14-13-18)15-17-7-3-1-4-8-17/h1-10,16,18,28H,11-15H2,(H,25,32). The molecule has 2 N–H and O–H groups in total. The summed E-state index contributed by atoms with van der Waals surface area (Å²) in [6, 6.07) is 20.8. The van der Waals surface area contributed by atoms with Gasteiger partial charge in [-0.25, -0.2) is 4.68 Å². The van der Waals surface area contributed by atoms with E-state index in [1.54, 1.807) is 0 Å². The maximum Gasteiger partial charge on any atom is 0.271 e. The minimum atomic E-state index is -0.274. The van der Waals surface area contributed by atoms with Gasteiger partial charge in [0.15, 0.2) is 0 Å². The van der Waals surface area contributed by atoms with Crippen molar-refractivity contribution in [3.63, 3.8) is 0 Å². The van der Waals surface area contributed by atoms with Gasteiger partial charge in [-0.15, -0.1) is 10.2 Å². The van der Waals surface area contributed by atoms with Crippen LogP contribution in [0.25, 0.3) is 5.69 Å². The second-order valence-corrected chi connectivity index (χ2v) is 8.02. The highest BCUT2D eigenvalue weighted by Gasteiger charge is 2.23. The number of hydrogen-bond donors (Lipinski definition) is 2. The van der Waals surface area contributed by atoms with E-state index in [0.717, 1.165) is 43.9 Å². The Morgan fingerprint density at radius 2 is 1.78 bits per heavy atom. The van der Waals surface area contributed by atoms with Gasteiger partial charge in [-0.2, -0.15) is 0 Å². The number of amides is 1. The van der Waals surface area contributed by atoms with Gasteiger partial charge < -0.3 is 9.88 Å². The van der Waals surface area contributed by atoms with Crippen molar-refractivity contribution in [1.82, 2.24) is 29.9 Å². The molecule has 1 aliphatic heterocycles. The molecule has 3 heterocycles. The summed E-state index contributed by atoms with van der Waals surface area (Å²) in [5.74, 6) is 1.63. The molecule has 0 bridgehead atoms. The lowest BCUT2D eigenvalue weighted by molar-refractivity contribution is 0.0927. The summed E-state index contributed by atoms with van der Waals surface area (Å²) in [5.41, 5.74) is 1.88. The fourth-order valence-corrected chi connectivity index (χ4v) is 4.15. The zero-order valence-corrected chi connectivity index (χ0v) is 17.6. The van der Waals surface area contributed by atoms with E-state index in [0.29, 0.717) is 5.69 Å². The van der Waals surface area contributed by atoms with E-state index in [9.17, 15) is 9.59 Å². The number of nitrogens with zero attached hydrogens (tertiary/aromatic N) is 4. The molecule has 1 amide bonds. The third kappa shape index (κ3) is 4.12. The second-order valence-electron chi connectivity index (χ2n) is 8.02. The van der Waals surface area contributed by atoms with Gasteiger partial charge in [0.25, 0.3) is 11.5 Å². The van der Waals surface area contributed by atoms with E-state index in [1.165, 1.54) is 16.3 Å². The largest absolute Gasteiger partial charge is 0.348 e. The Kier molecular flexibility index (Phi) is 5.41. The number of aryl methyl sites for hydroxylation is 1. The maximum atomic E-state index is 12.8. The molecule has 4 aromatic rings. The van der Waals surface area contributed by atoms with Crippen molar-refractivity contribution >= 4 is 5.91 Å². The first-order valence-electron chi connectivity index (χ1n) is 10.8. The number of aromatic amines is 1. The Balaban J connectivity index is 1.26. The van der Waals surface area contributed by atoms with Gasteiger partial charge >= 0.3 is 0 Å². The summed E-state index contributed by atoms with van der Waals surface area (Å²) in [6.07, 6.45) is 3.04. The molecule has 1 unspecified atom stereocenters. The smallest absolute Gasteiger partial charge is 0.271 e. The van der Waals surface area contributed by atoms with Crippen LogP contribution in [-0.2, 0) is 19.4 Å². The topological polar surface area (TPSA) is 97.6 Å². The molecule has 1 aliphatic rings. The van der Waals surface area contributed by atoms with Crippen LogP contribution in [0.3, 0.4) is 0 Å². The summed E-state index contributed by atoms with van der Waals surface area (Å²) >= 11 is 0. The molecule has 0 spiro atoms. The highest BCUT2D eigenvalue weighted by Crippen LogP contribution is 2.18. The third-order valence-corrected chi connectivity index (χ3v) is 5.84. The van der Waals surface area contributed by atoms with Crippen LogP contribution >= 0.6 is 0 Å². The first-order chi connectivity index (χ1) is 15.7. The van der Waals surface area contributed by atoms with E-state index in [-0.39, 0.29) is 23.2 Å². The van der Waals surface area contributed by atoms with Gasteiger partial charge in [0.2, 0.25) is 0 Å². The molecular formula is C24H24N6O2. The fraction of sp³-hybridized carbons (Fsp3) is 0.250. The Hall–Kier alpha value is -3.94. The SMILES string of the molecule is O=C(NC1CCc2nnc(Cc3ccccc3)n2CC1)c1cc(=O)n(-c2ccccc2)[nH]1. The molecule has 8 nitrogen and oxygen atoms in total. The van der Waals surface area contributed by atoms with Crippen LogP contribution in [0.5, 0.6) is 0 Å². The number of hydrogen-bond acceptors (Lipinski definition) is 4. The normalized spacial score (nSPS) is 15.7. The van der Waals surface area contributed by atoms with Crippen LogP contribution in [0.4, 0.5) is 0 Å². The number of carbonyl (C=O) groups excluding carboxylic acids is 1. The molecule has 8 heteroatoms. The van der Waals surface area contributed by atoms with Crippen LogP contribution in [0, 0.1) is 0 Å². The van der Waals surface area contributed by atoms with Crippen LogP contribution in [0.15, 0.2) is 71.5 Å². The molecule has 0 saturated heterocycles. The van der Waals surface area contributed by atoms with Gasteiger partial charge in [0, 0.05) is 31.5 Å². The predicted molar refractivity (Wildman–Crippen MR) is 120 cm³/mol. The molecule has 0 fully saturated rings. The van der Waals surface area contributed by atoms with Crippen LogP contribution < -0.4 is 10.9 Å². The maximum absolute atomic E-state index is 12.8. The van der Waals surface area contributed by atoms with Crippen molar-refractivity contribution in [2.75, 3.05) is 0 Å². The van der Waals surface area contributed by atoms with Crippen molar-refractivity contribution in [3.05, 3.63) is 100.0 Å². The molecule has 0 radical (unpaired) electrons. The molecule has 162 valence electrons. The lowest BCUT2D eigenvalue weighted by Crippen LogP contribution is -2.35. The van der Waals surface area contributed by atoms with Crippen LogP contribution in [0.1, 0.15) is 40.5 Å². The van der Waals surface area contributed by atoms with E-state index >= 15 is 0 Å². The number of nitrogens with one attached hydrogen (secondary N) is 2. The molecule has 0 aliphatic carbocycles. The molecular weight excluding hydrogens is 404 g/mol. The Morgan fingerprint density at radius 1 is 1.03 bits per heavy atom. The van der Waals surface area contributed by atoms with Crippen molar-refractivity contribution in [2.24, 2.45) is 0 Å². The van der Waals surface area contributed by atoms with E-state index in [2.05, 4.69) is 37.3 Å². The first-order valence-corrected chi connectivity index (χ1v) is 10.8. The zero-order valence-electron chi connectivity index (χ0n) is 17.6. The van der Waals surface area contributed by atoms with E-state index in [1.807, 2.05) is 48.5 Å². The van der Waals surface area contributed by atoms with Gasteiger partial charge in [-0.1, -0.05) is 48.5 Å². The monoisotopic (exact) mass is 428 g/mol. The number of aromatic nitrogens is 5. The van der Waals surface area contributed by atoms with Crippen LogP contribution in [0.2, 0.25) is 0 Å². The Morgan fingerprint density at radius 3 is 2.56 bits per heavy atom. The zero-order chi connectivity index (χ0) is 21.9. The van der Waals surface area contributed by atoms with Gasteiger partial charge in [0.05, 0.1) is 5.69 Å². The van der Waals surface area contributed by atoms with Crippen molar-refractivity contribution < 1.29 is 4.79 Å². The lowest BCUT2D eigenvalue weighted by Gasteiger charge is -2.15. The number of rotatable bonds is 5. The average molecular weight is 428 g/mol. The molecule has 1 atom stereocenters. The lowest BCUT2D eigenvalue weighted by atomic mass is 10.1. The van der Waals surface area contributed by atoms with Gasteiger partial charge in [-0.3, -0.25) is 14.7 Å². The third-order valence-electron chi connectivity index (χ3n) is 5.84. The molecule has 2 aromatic carbocycles. The quantitative estimate of drug-likeness (QED) is 0.510. The minimum Gasteiger partial charge on any atom is -0.348 e. The fourth-order valence-electron chi connectivity index (χ4n) is 4.15. The van der Waals surface area contributed by atoms with E-state index < -0.39 is 0 Å². The van der Waals surface area contributed by atoms with Crippen LogP contribution in [-0.4, -0.2) is 36.5 Å². The van der Waals surface area contributed by atoms with Gasteiger partial charge in [0.1, 0.15) is 17.3 Å². The number of para-hydroxylation sites is 1. The first kappa shape index (κ1) is 20.0. The summed E-state index contributed by atoms with van der Waals surface area (Å²) in [7, 11) is 0. The summed E-state index contributed by atoms with van der Waals surface area (Å²) < 4.78 is 3.55. The summed E-state index contributed by atoms with van der Waals surface area (Å²) in [5, 5.41) is 14.8. The summed E-state index contributed by atoms with van der Waals surface area (Å²) in [6.45, 7) is 0.747. The number of fused-ring (bicyclic) bond motifs is 1. The molecule has 5 rings (SSSR count). The predicted octanol–water partition coefficient (Wildman–Crippen LogP) is 2.48. The number of carbonyl (C=O) groups is 1. The average Bonchev–Trinajstić information content (AvgIpc) is 3.33. The molecule has 2 aromatic heterocycles. The van der Waals surface area contributed by atoms with Crippen molar-refractivity contribution in [2.45, 2.75) is 38.3 Å². The number of benzene rings is 2. The highest BCUT2D eigenvalue weighted by molar-refractivity contribution is 5.92.